The SMILES string of the molecule is CCN(CC)c1ncc(NC(C)C)c(N[C@@H](Cc2ccc(OC(=O)N3CCCCC3)cc2)C(=O)OC(C)(C)C)n1. The molecule has 0 saturated carbocycles. The van der Waals surface area contributed by atoms with Gasteiger partial charge in [-0.1, -0.05) is 12.1 Å². The molecule has 2 aromatic rings. The first kappa shape index (κ1) is 31.0. The quantitative estimate of drug-likeness (QED) is 0.348. The molecule has 1 aromatic carbocycles. The van der Waals surface area contributed by atoms with E-state index in [4.69, 9.17) is 14.5 Å². The number of ether oxygens (including phenoxy) is 2. The Hall–Kier alpha value is -3.56. The molecule has 2 N–H and O–H groups in total. The lowest BCUT2D eigenvalue weighted by Gasteiger charge is -2.27. The largest absolute Gasteiger partial charge is 0.458 e. The maximum atomic E-state index is 13.4. The number of carbonyl (C=O) groups is 2. The monoisotopic (exact) mass is 554 g/mol. The van der Waals surface area contributed by atoms with Gasteiger partial charge in [0.2, 0.25) is 5.95 Å². The van der Waals surface area contributed by atoms with Crippen LogP contribution < -0.4 is 20.3 Å². The third-order valence-electron chi connectivity index (χ3n) is 6.45. The second kappa shape index (κ2) is 14.2. The third-order valence-corrected chi connectivity index (χ3v) is 6.45. The Morgan fingerprint density at radius 3 is 2.25 bits per heavy atom. The number of anilines is 3. The molecule has 1 fully saturated rings. The van der Waals surface area contributed by atoms with E-state index >= 15 is 0 Å². The first-order valence-electron chi connectivity index (χ1n) is 14.4. The number of rotatable bonds is 11. The Kier molecular flexibility index (Phi) is 11.0. The minimum Gasteiger partial charge on any atom is -0.458 e. The Balaban J connectivity index is 1.83. The standard InChI is InChI=1S/C30H46N6O4/c1-8-35(9-2)28-31-20-25(32-21(3)4)26(34-28)33-24(27(37)40-30(5,6)7)19-22-13-15-23(16-14-22)39-29(38)36-17-11-10-12-18-36/h13-16,20-21,24,32H,8-12,17-19H2,1-7H3,(H,31,33,34)/t24-/m0/s1. The number of piperidine rings is 1. The van der Waals surface area contributed by atoms with Crippen molar-refractivity contribution in [3.8, 4) is 5.75 Å². The maximum Gasteiger partial charge on any atom is 0.415 e. The molecule has 1 amide bonds. The van der Waals surface area contributed by atoms with E-state index in [1.165, 1.54) is 0 Å². The van der Waals surface area contributed by atoms with E-state index in [-0.39, 0.29) is 18.1 Å². The molecule has 1 atom stereocenters. The number of hydrogen-bond acceptors (Lipinski definition) is 9. The van der Waals surface area contributed by atoms with Gasteiger partial charge in [-0.15, -0.1) is 0 Å². The minimum atomic E-state index is -0.715. The minimum absolute atomic E-state index is 0.142. The van der Waals surface area contributed by atoms with Gasteiger partial charge in [0.25, 0.3) is 0 Å². The van der Waals surface area contributed by atoms with Gasteiger partial charge < -0.3 is 29.9 Å². The van der Waals surface area contributed by atoms with Crippen molar-refractivity contribution in [2.24, 2.45) is 0 Å². The van der Waals surface area contributed by atoms with Crippen LogP contribution in [0.1, 0.15) is 73.3 Å². The number of esters is 1. The molecule has 0 aliphatic carbocycles. The van der Waals surface area contributed by atoms with E-state index in [2.05, 4.69) is 34.4 Å². The Bertz CT molecular complexity index is 1110. The summed E-state index contributed by atoms with van der Waals surface area (Å²) >= 11 is 0. The van der Waals surface area contributed by atoms with Crippen LogP contribution in [-0.2, 0) is 16.0 Å². The van der Waals surface area contributed by atoms with Crippen LogP contribution in [0.15, 0.2) is 30.5 Å². The normalized spacial score (nSPS) is 14.4. The molecule has 1 aliphatic heterocycles. The van der Waals surface area contributed by atoms with Gasteiger partial charge in [0.15, 0.2) is 5.82 Å². The fraction of sp³-hybridized carbons (Fsp3) is 0.600. The van der Waals surface area contributed by atoms with Crippen LogP contribution in [0.25, 0.3) is 0 Å². The summed E-state index contributed by atoms with van der Waals surface area (Å²) in [5.41, 5.74) is 0.942. The number of hydrogen-bond donors (Lipinski definition) is 2. The Labute approximate surface area is 238 Å². The molecule has 1 aliphatic rings. The molecular formula is C30H46N6O4. The van der Waals surface area contributed by atoms with E-state index in [0.29, 0.717) is 29.6 Å². The van der Waals surface area contributed by atoms with Crippen LogP contribution in [0.3, 0.4) is 0 Å². The molecule has 40 heavy (non-hydrogen) atoms. The molecule has 3 rings (SSSR count). The van der Waals surface area contributed by atoms with Crippen LogP contribution in [0.5, 0.6) is 5.75 Å². The van der Waals surface area contributed by atoms with Gasteiger partial charge in [0.1, 0.15) is 17.4 Å². The molecule has 0 bridgehead atoms. The zero-order valence-electron chi connectivity index (χ0n) is 25.1. The van der Waals surface area contributed by atoms with Crippen molar-refractivity contribution < 1.29 is 19.1 Å². The molecule has 0 spiro atoms. The summed E-state index contributed by atoms with van der Waals surface area (Å²) in [4.78, 5) is 39.0. The topological polar surface area (TPSA) is 109 Å². The number of benzene rings is 1. The number of carbonyl (C=O) groups excluding carboxylic acids is 2. The van der Waals surface area contributed by atoms with E-state index in [1.807, 2.05) is 46.8 Å². The average Bonchev–Trinajstić information content (AvgIpc) is 2.90. The third kappa shape index (κ3) is 9.27. The molecule has 10 nitrogen and oxygen atoms in total. The summed E-state index contributed by atoms with van der Waals surface area (Å²) < 4.78 is 11.4. The molecule has 1 saturated heterocycles. The van der Waals surface area contributed by atoms with Crippen LogP contribution in [-0.4, -0.2) is 70.8 Å². The van der Waals surface area contributed by atoms with Gasteiger partial charge in [-0.2, -0.15) is 4.98 Å². The van der Waals surface area contributed by atoms with Gasteiger partial charge in [-0.25, -0.2) is 14.6 Å². The maximum absolute atomic E-state index is 13.4. The van der Waals surface area contributed by atoms with Crippen LogP contribution in [0.2, 0.25) is 0 Å². The first-order valence-corrected chi connectivity index (χ1v) is 14.4. The second-order valence-electron chi connectivity index (χ2n) is 11.4. The molecule has 2 heterocycles. The lowest BCUT2D eigenvalue weighted by atomic mass is 10.0. The lowest BCUT2D eigenvalue weighted by molar-refractivity contribution is -0.155. The molecule has 0 radical (unpaired) electrons. The summed E-state index contributed by atoms with van der Waals surface area (Å²) in [5, 5.41) is 6.72. The van der Waals surface area contributed by atoms with Crippen molar-refractivity contribution in [2.75, 3.05) is 41.7 Å². The Morgan fingerprint density at radius 2 is 1.68 bits per heavy atom. The van der Waals surface area contributed by atoms with Gasteiger partial charge in [-0.3, -0.25) is 0 Å². The summed E-state index contributed by atoms with van der Waals surface area (Å²) in [7, 11) is 0. The molecule has 220 valence electrons. The van der Waals surface area contributed by atoms with E-state index < -0.39 is 11.6 Å². The van der Waals surface area contributed by atoms with Gasteiger partial charge in [0.05, 0.1) is 11.9 Å². The number of aromatic nitrogens is 2. The van der Waals surface area contributed by atoms with Crippen molar-refractivity contribution >= 4 is 29.5 Å². The number of amides is 1. The highest BCUT2D eigenvalue weighted by molar-refractivity contribution is 5.81. The summed E-state index contributed by atoms with van der Waals surface area (Å²) in [5.74, 6) is 1.22. The van der Waals surface area contributed by atoms with Gasteiger partial charge in [-0.05, 0) is 85.4 Å². The summed E-state index contributed by atoms with van der Waals surface area (Å²) in [6.07, 6.45) is 4.93. The number of likely N-dealkylation sites (tertiary alicyclic amines) is 1. The second-order valence-corrected chi connectivity index (χ2v) is 11.4. The molecule has 1 aromatic heterocycles. The van der Waals surface area contributed by atoms with Crippen LogP contribution in [0, 0.1) is 0 Å². The molecule has 0 unspecified atom stereocenters. The predicted molar refractivity (Wildman–Crippen MR) is 159 cm³/mol. The number of nitrogens with zero attached hydrogens (tertiary/aromatic N) is 4. The summed E-state index contributed by atoms with van der Waals surface area (Å²) in [6, 6.07) is 6.69. The van der Waals surface area contributed by atoms with E-state index in [9.17, 15) is 9.59 Å². The number of nitrogens with one attached hydrogen (secondary N) is 2. The van der Waals surface area contributed by atoms with Gasteiger partial charge in [0, 0.05) is 38.6 Å². The van der Waals surface area contributed by atoms with Crippen molar-refractivity contribution in [3.63, 3.8) is 0 Å². The average molecular weight is 555 g/mol. The van der Waals surface area contributed by atoms with Crippen molar-refractivity contribution in [1.82, 2.24) is 14.9 Å². The first-order chi connectivity index (χ1) is 19.0. The zero-order chi connectivity index (χ0) is 29.3. The highest BCUT2D eigenvalue weighted by Gasteiger charge is 2.27. The summed E-state index contributed by atoms with van der Waals surface area (Å²) in [6.45, 7) is 16.7. The van der Waals surface area contributed by atoms with Crippen molar-refractivity contribution in [1.29, 1.82) is 0 Å². The fourth-order valence-electron chi connectivity index (χ4n) is 4.46. The van der Waals surface area contributed by atoms with Crippen LogP contribution in [0.4, 0.5) is 22.2 Å². The van der Waals surface area contributed by atoms with Crippen LogP contribution >= 0.6 is 0 Å². The predicted octanol–water partition coefficient (Wildman–Crippen LogP) is 5.49. The van der Waals surface area contributed by atoms with Gasteiger partial charge >= 0.3 is 12.1 Å². The fourth-order valence-corrected chi connectivity index (χ4v) is 4.46. The highest BCUT2D eigenvalue weighted by atomic mass is 16.6. The van der Waals surface area contributed by atoms with Crippen molar-refractivity contribution in [2.45, 2.75) is 91.8 Å². The van der Waals surface area contributed by atoms with Crippen molar-refractivity contribution in [3.05, 3.63) is 36.0 Å². The van der Waals surface area contributed by atoms with E-state index in [1.54, 1.807) is 23.2 Å². The molecular weight excluding hydrogens is 508 g/mol. The Morgan fingerprint density at radius 1 is 1.02 bits per heavy atom. The van der Waals surface area contributed by atoms with E-state index in [0.717, 1.165) is 51.0 Å². The molecule has 10 heteroatoms. The highest BCUT2D eigenvalue weighted by Crippen LogP contribution is 2.25. The zero-order valence-corrected chi connectivity index (χ0v) is 25.1. The lowest BCUT2D eigenvalue weighted by Crippen LogP contribution is -2.38. The smallest absolute Gasteiger partial charge is 0.415 e.